The van der Waals surface area contributed by atoms with Crippen LogP contribution in [0.3, 0.4) is 0 Å². The molecular formula is C23H40OSi. The predicted octanol–water partition coefficient (Wildman–Crippen LogP) is 6.81. The maximum Gasteiger partial charge on any atom is 0.184 e. The number of rotatable bonds is 2. The van der Waals surface area contributed by atoms with E-state index in [0.29, 0.717) is 10.8 Å². The molecule has 0 aromatic heterocycles. The summed E-state index contributed by atoms with van der Waals surface area (Å²) in [7, 11) is -1.51. The predicted molar refractivity (Wildman–Crippen MR) is 109 cm³/mol. The lowest BCUT2D eigenvalue weighted by molar-refractivity contribution is -0.129. The summed E-state index contributed by atoms with van der Waals surface area (Å²) in [4.78, 5) is 0. The first-order valence-electron chi connectivity index (χ1n) is 11.0. The highest BCUT2D eigenvalue weighted by Crippen LogP contribution is 2.68. The molecule has 0 saturated heterocycles. The Morgan fingerprint density at radius 3 is 2.32 bits per heavy atom. The molecule has 0 aromatic carbocycles. The molecule has 3 fully saturated rings. The minimum atomic E-state index is -1.51. The van der Waals surface area contributed by atoms with Crippen LogP contribution < -0.4 is 0 Å². The summed E-state index contributed by atoms with van der Waals surface area (Å²) in [6.45, 7) is 14.9. The molecule has 0 heterocycles. The number of hydrogen-bond acceptors (Lipinski definition) is 1. The van der Waals surface area contributed by atoms with E-state index in [4.69, 9.17) is 4.43 Å². The average molecular weight is 361 g/mol. The fourth-order valence-electron chi connectivity index (χ4n) is 7.90. The molecule has 0 radical (unpaired) electrons. The Morgan fingerprint density at radius 1 is 0.880 bits per heavy atom. The van der Waals surface area contributed by atoms with E-state index in [1.807, 2.05) is 0 Å². The van der Waals surface area contributed by atoms with E-state index in [-0.39, 0.29) is 5.60 Å². The van der Waals surface area contributed by atoms with Gasteiger partial charge < -0.3 is 4.43 Å². The lowest BCUT2D eigenvalue weighted by atomic mass is 9.45. The normalized spacial score (nSPS) is 52.4. The molecule has 4 aliphatic carbocycles. The van der Waals surface area contributed by atoms with Crippen molar-refractivity contribution in [1.82, 2.24) is 0 Å². The molecule has 0 bridgehead atoms. The van der Waals surface area contributed by atoms with Gasteiger partial charge in [-0.2, -0.15) is 0 Å². The molecular weight excluding hydrogens is 320 g/mol. The maximum absolute atomic E-state index is 6.90. The van der Waals surface area contributed by atoms with Gasteiger partial charge >= 0.3 is 0 Å². The molecule has 0 spiro atoms. The van der Waals surface area contributed by atoms with Crippen LogP contribution in [0.2, 0.25) is 19.6 Å². The third-order valence-corrected chi connectivity index (χ3v) is 10.3. The van der Waals surface area contributed by atoms with Crippen LogP contribution in [0.1, 0.15) is 72.1 Å². The van der Waals surface area contributed by atoms with Gasteiger partial charge in [0.25, 0.3) is 0 Å². The highest BCUT2D eigenvalue weighted by molar-refractivity contribution is 6.69. The Hall–Kier alpha value is -0.0831. The van der Waals surface area contributed by atoms with Crippen molar-refractivity contribution in [2.45, 2.75) is 97.4 Å². The van der Waals surface area contributed by atoms with Gasteiger partial charge in [0.2, 0.25) is 0 Å². The molecule has 25 heavy (non-hydrogen) atoms. The molecule has 1 nitrogen and oxygen atoms in total. The summed E-state index contributed by atoms with van der Waals surface area (Å²) in [5.74, 6) is 3.68. The molecule has 0 aliphatic heterocycles. The standard InChI is InChI=1S/C23H40OSi/c1-21-14-8-7-9-17(21)10-11-18-19(21)12-15-22(2)20(18)13-16-23(22,3)24-25(4,5)6/h7,9,17-20H,8,10-16H2,1-6H3/t17-,18+,19-,20-,21-,22-,23-/m0/s1. The van der Waals surface area contributed by atoms with Crippen molar-refractivity contribution in [3.05, 3.63) is 12.2 Å². The Morgan fingerprint density at radius 2 is 1.60 bits per heavy atom. The molecule has 0 amide bonds. The zero-order chi connectivity index (χ0) is 18.1. The second kappa shape index (κ2) is 5.71. The lowest BCUT2D eigenvalue weighted by Crippen LogP contribution is -2.57. The second-order valence-electron chi connectivity index (χ2n) is 11.5. The van der Waals surface area contributed by atoms with Gasteiger partial charge in [0, 0.05) is 0 Å². The van der Waals surface area contributed by atoms with Crippen molar-refractivity contribution >= 4 is 8.32 Å². The van der Waals surface area contributed by atoms with E-state index < -0.39 is 8.32 Å². The van der Waals surface area contributed by atoms with Gasteiger partial charge in [-0.15, -0.1) is 0 Å². The van der Waals surface area contributed by atoms with Crippen molar-refractivity contribution in [1.29, 1.82) is 0 Å². The summed E-state index contributed by atoms with van der Waals surface area (Å²) in [5.41, 5.74) is 1.11. The highest BCUT2D eigenvalue weighted by Gasteiger charge is 2.63. The molecule has 2 heteroatoms. The van der Waals surface area contributed by atoms with Gasteiger partial charge in [-0.25, -0.2) is 0 Å². The molecule has 142 valence electrons. The van der Waals surface area contributed by atoms with Crippen LogP contribution in [0, 0.1) is 34.5 Å². The summed E-state index contributed by atoms with van der Waals surface area (Å²) in [6.07, 6.45) is 16.3. The Kier molecular flexibility index (Phi) is 4.17. The van der Waals surface area contributed by atoms with Crippen molar-refractivity contribution < 1.29 is 4.43 Å². The SMILES string of the molecule is C[C@]12CCC=C[C@H]1CC[C@@H]1[C@@H]2CC[C@@]2(C)[C@H]1CC[C@]2(C)O[Si](C)(C)C. The van der Waals surface area contributed by atoms with E-state index in [1.54, 1.807) is 0 Å². The largest absolute Gasteiger partial charge is 0.412 e. The Balaban J connectivity index is 1.63. The number of fused-ring (bicyclic) bond motifs is 5. The van der Waals surface area contributed by atoms with Crippen LogP contribution in [0.25, 0.3) is 0 Å². The zero-order valence-corrected chi connectivity index (χ0v) is 18.5. The van der Waals surface area contributed by atoms with Crippen LogP contribution in [-0.4, -0.2) is 13.9 Å². The van der Waals surface area contributed by atoms with Crippen LogP contribution in [-0.2, 0) is 4.43 Å². The van der Waals surface area contributed by atoms with E-state index in [2.05, 4.69) is 52.6 Å². The van der Waals surface area contributed by atoms with E-state index in [0.717, 1.165) is 23.7 Å². The summed E-state index contributed by atoms with van der Waals surface area (Å²) >= 11 is 0. The number of hydrogen-bond donors (Lipinski definition) is 0. The Labute approximate surface area is 157 Å². The van der Waals surface area contributed by atoms with Gasteiger partial charge in [-0.05, 0) is 112 Å². The minimum Gasteiger partial charge on any atom is -0.412 e. The average Bonchev–Trinajstić information content (AvgIpc) is 2.76. The minimum absolute atomic E-state index is 0.122. The fraction of sp³-hybridized carbons (Fsp3) is 0.913. The molecule has 3 saturated carbocycles. The quantitative estimate of drug-likeness (QED) is 0.388. The van der Waals surface area contributed by atoms with Gasteiger partial charge in [0.15, 0.2) is 8.32 Å². The van der Waals surface area contributed by atoms with Gasteiger partial charge in [0.05, 0.1) is 5.60 Å². The van der Waals surface area contributed by atoms with Crippen LogP contribution in [0.5, 0.6) is 0 Å². The summed E-state index contributed by atoms with van der Waals surface area (Å²) < 4.78 is 6.90. The lowest BCUT2D eigenvalue weighted by Gasteiger charge is -2.61. The summed E-state index contributed by atoms with van der Waals surface area (Å²) in [6, 6.07) is 0. The molecule has 7 atom stereocenters. The molecule has 0 N–H and O–H groups in total. The molecule has 4 rings (SSSR count). The number of allylic oxidation sites excluding steroid dienone is 2. The van der Waals surface area contributed by atoms with E-state index in [9.17, 15) is 0 Å². The third-order valence-electron chi connectivity index (χ3n) is 9.22. The topological polar surface area (TPSA) is 9.23 Å². The first-order valence-corrected chi connectivity index (χ1v) is 14.4. The Bertz CT molecular complexity index is 563. The van der Waals surface area contributed by atoms with Crippen molar-refractivity contribution in [2.24, 2.45) is 34.5 Å². The van der Waals surface area contributed by atoms with Gasteiger partial charge in [-0.3, -0.25) is 0 Å². The van der Waals surface area contributed by atoms with Crippen molar-refractivity contribution in [3.63, 3.8) is 0 Å². The van der Waals surface area contributed by atoms with Crippen LogP contribution in [0.15, 0.2) is 12.2 Å². The smallest absolute Gasteiger partial charge is 0.184 e. The van der Waals surface area contributed by atoms with Crippen molar-refractivity contribution in [2.75, 3.05) is 0 Å². The van der Waals surface area contributed by atoms with E-state index >= 15 is 0 Å². The van der Waals surface area contributed by atoms with Crippen LogP contribution in [0.4, 0.5) is 0 Å². The van der Waals surface area contributed by atoms with Crippen LogP contribution >= 0.6 is 0 Å². The highest BCUT2D eigenvalue weighted by atomic mass is 28.4. The first kappa shape index (κ1) is 18.3. The molecule has 0 unspecified atom stereocenters. The monoisotopic (exact) mass is 360 g/mol. The third kappa shape index (κ3) is 2.64. The fourth-order valence-corrected chi connectivity index (χ4v) is 9.58. The van der Waals surface area contributed by atoms with E-state index in [1.165, 1.54) is 51.4 Å². The zero-order valence-electron chi connectivity index (χ0n) is 17.5. The maximum atomic E-state index is 6.90. The molecule has 0 aromatic rings. The van der Waals surface area contributed by atoms with Gasteiger partial charge in [-0.1, -0.05) is 26.0 Å². The first-order chi connectivity index (χ1) is 11.6. The molecule has 4 aliphatic rings. The van der Waals surface area contributed by atoms with Gasteiger partial charge in [0.1, 0.15) is 0 Å². The second-order valence-corrected chi connectivity index (χ2v) is 15.9. The van der Waals surface area contributed by atoms with Crippen molar-refractivity contribution in [3.8, 4) is 0 Å². The summed E-state index contributed by atoms with van der Waals surface area (Å²) in [5, 5.41) is 0.